The Morgan fingerprint density at radius 2 is 1.60 bits per heavy atom. The fourth-order valence-corrected chi connectivity index (χ4v) is 4.29. The van der Waals surface area contributed by atoms with Crippen LogP contribution in [0.25, 0.3) is 0 Å². The summed E-state index contributed by atoms with van der Waals surface area (Å²) in [6, 6.07) is 22.9. The number of anilines is 2. The topological polar surface area (TPSA) is 70.7 Å². The van der Waals surface area contributed by atoms with Crippen LogP contribution in [0.5, 0.6) is 5.75 Å². The van der Waals surface area contributed by atoms with Crippen molar-refractivity contribution in [2.45, 2.75) is 58.7 Å². The molecule has 0 aromatic heterocycles. The van der Waals surface area contributed by atoms with Crippen LogP contribution >= 0.6 is 0 Å². The van der Waals surface area contributed by atoms with Crippen LogP contribution in [0.4, 0.5) is 16.2 Å². The molecule has 6 nitrogen and oxygen atoms in total. The molecule has 2 atom stereocenters. The maximum Gasteiger partial charge on any atom is 0.323 e. The SMILES string of the molecule is CC[C@H]1Oc2ccc(NC(=O)Nc3ccc(C(C)C)cc3)cc2CN([C@H](C)c2ccccc2)C1=O. The summed E-state index contributed by atoms with van der Waals surface area (Å²) in [4.78, 5) is 27.8. The summed E-state index contributed by atoms with van der Waals surface area (Å²) in [5, 5.41) is 5.78. The number of ether oxygens (including phenoxy) is 1. The summed E-state index contributed by atoms with van der Waals surface area (Å²) in [5.41, 5.74) is 4.51. The molecule has 1 heterocycles. The average Bonchev–Trinajstić information content (AvgIpc) is 3.00. The molecule has 0 unspecified atom stereocenters. The summed E-state index contributed by atoms with van der Waals surface area (Å²) in [7, 11) is 0. The van der Waals surface area contributed by atoms with Gasteiger partial charge in [0.2, 0.25) is 0 Å². The van der Waals surface area contributed by atoms with Crippen LogP contribution < -0.4 is 15.4 Å². The number of nitrogens with zero attached hydrogens (tertiary/aromatic N) is 1. The molecule has 1 aliphatic heterocycles. The van der Waals surface area contributed by atoms with Gasteiger partial charge in [-0.15, -0.1) is 0 Å². The van der Waals surface area contributed by atoms with Crippen LogP contribution in [0.3, 0.4) is 0 Å². The highest BCUT2D eigenvalue weighted by Crippen LogP contribution is 2.33. The van der Waals surface area contributed by atoms with Crippen LogP contribution in [-0.4, -0.2) is 22.9 Å². The first-order valence-electron chi connectivity index (χ1n) is 12.2. The first-order chi connectivity index (χ1) is 16.9. The highest BCUT2D eigenvalue weighted by Gasteiger charge is 2.33. The average molecular weight is 472 g/mol. The largest absolute Gasteiger partial charge is 0.480 e. The van der Waals surface area contributed by atoms with E-state index in [4.69, 9.17) is 4.74 Å². The lowest BCUT2D eigenvalue weighted by atomic mass is 10.0. The van der Waals surface area contributed by atoms with Gasteiger partial charge < -0.3 is 20.3 Å². The Morgan fingerprint density at radius 1 is 0.943 bits per heavy atom. The van der Waals surface area contributed by atoms with Crippen molar-refractivity contribution in [2.75, 3.05) is 10.6 Å². The number of fused-ring (bicyclic) bond motifs is 1. The van der Waals surface area contributed by atoms with E-state index in [9.17, 15) is 9.59 Å². The minimum atomic E-state index is -0.543. The molecule has 3 aromatic carbocycles. The maximum absolute atomic E-state index is 13.3. The maximum atomic E-state index is 13.3. The number of urea groups is 1. The van der Waals surface area contributed by atoms with E-state index >= 15 is 0 Å². The molecule has 6 heteroatoms. The highest BCUT2D eigenvalue weighted by molar-refractivity contribution is 5.99. The van der Waals surface area contributed by atoms with Crippen molar-refractivity contribution in [3.05, 3.63) is 89.5 Å². The van der Waals surface area contributed by atoms with Gasteiger partial charge in [-0.05, 0) is 60.7 Å². The minimum absolute atomic E-state index is 0.0304. The molecule has 35 heavy (non-hydrogen) atoms. The number of amides is 3. The van der Waals surface area contributed by atoms with Gasteiger partial charge >= 0.3 is 6.03 Å². The van der Waals surface area contributed by atoms with E-state index in [2.05, 4.69) is 24.5 Å². The second-order valence-electron chi connectivity index (χ2n) is 9.25. The van der Waals surface area contributed by atoms with Gasteiger partial charge in [0.05, 0.1) is 12.6 Å². The summed E-state index contributed by atoms with van der Waals surface area (Å²) in [6.45, 7) is 8.65. The lowest BCUT2D eigenvalue weighted by molar-refractivity contribution is -0.140. The van der Waals surface area contributed by atoms with E-state index in [1.807, 2.05) is 85.5 Å². The third-order valence-corrected chi connectivity index (χ3v) is 6.44. The second kappa shape index (κ2) is 10.6. The Bertz CT molecular complexity index is 1180. The summed E-state index contributed by atoms with van der Waals surface area (Å²) in [6.07, 6.45) is 0.0345. The smallest absolute Gasteiger partial charge is 0.323 e. The van der Waals surface area contributed by atoms with E-state index < -0.39 is 6.10 Å². The molecule has 3 aromatic rings. The van der Waals surface area contributed by atoms with E-state index in [1.54, 1.807) is 6.07 Å². The predicted molar refractivity (Wildman–Crippen MR) is 140 cm³/mol. The molecule has 0 saturated carbocycles. The molecule has 4 rings (SSSR count). The first-order valence-corrected chi connectivity index (χ1v) is 12.2. The summed E-state index contributed by atoms with van der Waals surface area (Å²) >= 11 is 0. The molecular formula is C29H33N3O3. The van der Waals surface area contributed by atoms with Crippen molar-refractivity contribution >= 4 is 23.3 Å². The van der Waals surface area contributed by atoms with Gasteiger partial charge in [-0.1, -0.05) is 63.2 Å². The van der Waals surface area contributed by atoms with Gasteiger partial charge in [-0.3, -0.25) is 4.79 Å². The molecule has 0 saturated heterocycles. The molecule has 182 valence electrons. The lowest BCUT2D eigenvalue weighted by Gasteiger charge is -2.30. The third-order valence-electron chi connectivity index (χ3n) is 6.44. The Labute approximate surface area is 207 Å². The lowest BCUT2D eigenvalue weighted by Crippen LogP contribution is -2.40. The van der Waals surface area contributed by atoms with Crippen molar-refractivity contribution in [3.63, 3.8) is 0 Å². The van der Waals surface area contributed by atoms with E-state index in [1.165, 1.54) is 5.56 Å². The zero-order valence-corrected chi connectivity index (χ0v) is 20.7. The second-order valence-corrected chi connectivity index (χ2v) is 9.25. The fourth-order valence-electron chi connectivity index (χ4n) is 4.29. The van der Waals surface area contributed by atoms with Gasteiger partial charge in [-0.25, -0.2) is 4.79 Å². The summed E-state index contributed by atoms with van der Waals surface area (Å²) < 4.78 is 6.10. The van der Waals surface area contributed by atoms with Crippen LogP contribution in [0.15, 0.2) is 72.8 Å². The number of carbonyl (C=O) groups is 2. The third kappa shape index (κ3) is 5.65. The zero-order valence-electron chi connectivity index (χ0n) is 20.7. The van der Waals surface area contributed by atoms with Gasteiger partial charge in [0, 0.05) is 16.9 Å². The van der Waals surface area contributed by atoms with Crippen molar-refractivity contribution in [2.24, 2.45) is 0 Å². The number of carbonyl (C=O) groups excluding carboxylic acids is 2. The first kappa shape index (κ1) is 24.3. The molecule has 2 N–H and O–H groups in total. The zero-order chi connectivity index (χ0) is 24.9. The highest BCUT2D eigenvalue weighted by atomic mass is 16.5. The minimum Gasteiger partial charge on any atom is -0.480 e. The molecule has 0 bridgehead atoms. The molecule has 0 spiro atoms. The molecule has 0 fully saturated rings. The monoisotopic (exact) mass is 471 g/mol. The van der Waals surface area contributed by atoms with Crippen LogP contribution in [-0.2, 0) is 11.3 Å². The van der Waals surface area contributed by atoms with Crippen LogP contribution in [0.1, 0.15) is 62.8 Å². The molecule has 3 amide bonds. The molecular weight excluding hydrogens is 438 g/mol. The van der Waals surface area contributed by atoms with E-state index in [0.29, 0.717) is 30.3 Å². The van der Waals surface area contributed by atoms with Gasteiger partial charge in [0.25, 0.3) is 5.91 Å². The fraction of sp³-hybridized carbons (Fsp3) is 0.310. The Kier molecular flexibility index (Phi) is 7.39. The number of rotatable bonds is 6. The van der Waals surface area contributed by atoms with Crippen molar-refractivity contribution in [1.29, 1.82) is 0 Å². The molecule has 1 aliphatic rings. The number of hydrogen-bond donors (Lipinski definition) is 2. The van der Waals surface area contributed by atoms with Gasteiger partial charge in [-0.2, -0.15) is 0 Å². The molecule has 0 aliphatic carbocycles. The molecule has 0 radical (unpaired) electrons. The van der Waals surface area contributed by atoms with Crippen molar-refractivity contribution in [1.82, 2.24) is 4.90 Å². The standard InChI is InChI=1S/C29H33N3O3/c1-5-26-28(33)32(20(4)22-9-7-6-8-10-22)18-23-17-25(15-16-27(23)35-26)31-29(34)30-24-13-11-21(12-14-24)19(2)3/h6-17,19-20,26H,5,18H2,1-4H3,(H2,30,31,34)/t20-,26-/m1/s1. The van der Waals surface area contributed by atoms with Gasteiger partial charge in [0.15, 0.2) is 6.10 Å². The van der Waals surface area contributed by atoms with Crippen LogP contribution in [0, 0.1) is 0 Å². The Balaban J connectivity index is 1.52. The van der Waals surface area contributed by atoms with Crippen molar-refractivity contribution < 1.29 is 14.3 Å². The number of hydrogen-bond acceptors (Lipinski definition) is 3. The number of benzene rings is 3. The quantitative estimate of drug-likeness (QED) is 0.419. The van der Waals surface area contributed by atoms with E-state index in [0.717, 1.165) is 16.8 Å². The predicted octanol–water partition coefficient (Wildman–Crippen LogP) is 6.71. The van der Waals surface area contributed by atoms with E-state index in [-0.39, 0.29) is 18.0 Å². The van der Waals surface area contributed by atoms with Crippen molar-refractivity contribution in [3.8, 4) is 5.75 Å². The van der Waals surface area contributed by atoms with Gasteiger partial charge in [0.1, 0.15) is 5.75 Å². The summed E-state index contributed by atoms with van der Waals surface area (Å²) in [5.74, 6) is 1.07. The normalized spacial score (nSPS) is 16.2. The Morgan fingerprint density at radius 3 is 2.26 bits per heavy atom. The number of nitrogens with one attached hydrogen (secondary N) is 2. The van der Waals surface area contributed by atoms with Crippen LogP contribution in [0.2, 0.25) is 0 Å². The Hall–Kier alpha value is -3.80.